The van der Waals surface area contributed by atoms with Gasteiger partial charge < -0.3 is 138 Å². The number of benzene rings is 3. The number of amides is 17. The van der Waals surface area contributed by atoms with Crippen LogP contribution in [0.5, 0.6) is 5.75 Å². The Morgan fingerprint density at radius 3 is 1.07 bits per heavy atom. The molecule has 0 bridgehead atoms. The molecule has 0 saturated heterocycles. The lowest BCUT2D eigenvalue weighted by atomic mass is 9.99. The van der Waals surface area contributed by atoms with E-state index in [9.17, 15) is 127 Å². The van der Waals surface area contributed by atoms with Crippen LogP contribution in [0.4, 0.5) is 0 Å². The van der Waals surface area contributed by atoms with Crippen molar-refractivity contribution in [1.29, 1.82) is 0 Å². The van der Waals surface area contributed by atoms with Crippen molar-refractivity contribution in [3.63, 3.8) is 0 Å². The number of phenolic OH excluding ortho intramolecular Hbond substituents is 1. The van der Waals surface area contributed by atoms with Gasteiger partial charge in [-0.25, -0.2) is 0 Å². The van der Waals surface area contributed by atoms with Gasteiger partial charge in [0.2, 0.25) is 100 Å². The van der Waals surface area contributed by atoms with Gasteiger partial charge in [0.25, 0.3) is 0 Å². The molecule has 3 aromatic carbocycles. The Bertz CT molecular complexity index is 4600. The summed E-state index contributed by atoms with van der Waals surface area (Å²) in [6.45, 7) is 9.73. The number of aliphatic carboxylic acids is 2. The number of aliphatic hydroxyl groups excluding tert-OH is 4. The second-order valence-corrected chi connectivity index (χ2v) is 33.2. The molecule has 0 spiro atoms. The third-order valence-corrected chi connectivity index (χ3v) is 21.0. The molecule has 0 unspecified atom stereocenters. The maximum atomic E-state index is 14.8. The van der Waals surface area contributed by atoms with Gasteiger partial charge in [0, 0.05) is 55.0 Å². The van der Waals surface area contributed by atoms with E-state index >= 15 is 0 Å². The number of aromatic amines is 1. The Hall–Kier alpha value is -12.9. The predicted molar refractivity (Wildman–Crippen MR) is 473 cm³/mol. The standard InChI is InChI=1S/C85H125N19O26S/c1-10-44(8)69(88)84(128)104-65(40-131)83(127)97-58(32-47-20-22-49(109)23-21-47)75(119)91-52(24-26-66(86)110)71(115)96-57(31-46-16-12-11-13-17-46)76(120)99-60(34-67(87)111)78(122)94-54(28-41(2)3)72(116)93-55(29-42(4)5)73(117)101-64(39-108)82(126)103-63(38-107)80(124)95-56(30-43(6)7)74(118)100-62(37-106)81(125)98-59(33-48-35-89-51-19-15-14-18-50(48)51)77(121)102-61(36-105)79(123)92-53(25-27-68(112)113)70(114)90-45(9)85(129)130/h11-23,35,41-45,52-65,69,89,105-109,131H,10,24-34,36-40,88H2,1-9H3,(H2,86,110)(H2,87,111)(H,90,114)(H,91,119)(H,92,123)(H,93,116)(H,94,122)(H,95,124)(H,96,115)(H,97,127)(H,98,125)(H,99,120)(H,100,118)(H,101,117)(H,102,121)(H,103,126)(H,104,128)(H,112,113)(H,129,130)/t44-,45-,52-,53-,54-,55-,56-,57-,58-,59-,60-,61-,62-,63-,64-,65-,69-/m0/s1. The van der Waals surface area contributed by atoms with Gasteiger partial charge in [-0.2, -0.15) is 12.6 Å². The molecular formula is C85H125N19O26S. The topological polar surface area (TPSA) is 740 Å². The number of thiol groups is 1. The SMILES string of the molecule is CC[C@H](C)[C@H](N)C(=O)N[C@@H](CS)C(=O)N[C@@H](Cc1ccc(O)cc1)C(=O)N[C@@H](CCC(N)=O)C(=O)N[C@@H](Cc1ccccc1)C(=O)N[C@@H](CC(N)=O)C(=O)N[C@@H](CC(C)C)C(=O)N[C@@H](CC(C)C)C(=O)N[C@@H](CO)C(=O)N[C@@H](CO)C(=O)N[C@@H](CC(C)C)C(=O)N[C@@H](CO)C(=O)N[C@@H](Cc1c[nH]c2ccccc12)C(=O)N[C@@H](CO)C(=O)N[C@@H](CCC(=O)O)C(=O)N[C@@H](C)C(=O)O. The molecule has 17 amide bonds. The number of nitrogens with two attached hydrogens (primary N) is 3. The zero-order valence-corrected chi connectivity index (χ0v) is 75.1. The Labute approximate surface area is 760 Å². The molecule has 0 fully saturated rings. The maximum absolute atomic E-state index is 14.8. The summed E-state index contributed by atoms with van der Waals surface area (Å²) >= 11 is 4.25. The molecule has 722 valence electrons. The maximum Gasteiger partial charge on any atom is 0.325 e. The number of aromatic hydroxyl groups is 1. The number of aromatic nitrogens is 1. The van der Waals surface area contributed by atoms with Crippen molar-refractivity contribution in [2.75, 3.05) is 32.2 Å². The molecular weight excluding hydrogens is 1740 g/mol. The van der Waals surface area contributed by atoms with Crippen molar-refractivity contribution in [2.45, 2.75) is 236 Å². The first-order chi connectivity index (χ1) is 61.8. The first-order valence-electron chi connectivity index (χ1n) is 42.5. The van der Waals surface area contributed by atoms with Crippen LogP contribution in [0.25, 0.3) is 10.9 Å². The van der Waals surface area contributed by atoms with Crippen molar-refractivity contribution in [2.24, 2.45) is 40.9 Å². The number of carbonyl (C=O) groups is 19. The molecule has 0 radical (unpaired) electrons. The van der Waals surface area contributed by atoms with Crippen LogP contribution in [0.2, 0.25) is 0 Å². The van der Waals surface area contributed by atoms with Crippen LogP contribution in [-0.4, -0.2) is 282 Å². The number of H-pyrrole nitrogens is 1. The van der Waals surface area contributed by atoms with Crippen LogP contribution >= 0.6 is 12.6 Å². The molecule has 4 rings (SSSR count). The minimum absolute atomic E-state index is 0.141. The second-order valence-electron chi connectivity index (χ2n) is 32.9. The van der Waals surface area contributed by atoms with Gasteiger partial charge in [-0.05, 0) is 97.6 Å². The molecule has 17 atom stereocenters. The van der Waals surface area contributed by atoms with Crippen molar-refractivity contribution in [1.82, 2.24) is 84.7 Å². The van der Waals surface area contributed by atoms with Gasteiger partial charge >= 0.3 is 11.9 Å². The summed E-state index contributed by atoms with van der Waals surface area (Å²) in [5.41, 5.74) is 19.1. The second kappa shape index (κ2) is 55.2. The highest BCUT2D eigenvalue weighted by atomic mass is 32.1. The lowest BCUT2D eigenvalue weighted by Crippen LogP contribution is -2.62. The van der Waals surface area contributed by atoms with E-state index in [2.05, 4.69) is 97.4 Å². The fraction of sp³-hybridized carbons (Fsp3) is 0.541. The number of carboxylic acids is 2. The van der Waals surface area contributed by atoms with Crippen LogP contribution < -0.4 is 97.0 Å². The number of aliphatic hydroxyl groups is 4. The number of rotatable bonds is 58. The quantitative estimate of drug-likeness (QED) is 0.0183. The molecule has 0 aliphatic rings. The summed E-state index contributed by atoms with van der Waals surface area (Å²) in [7, 11) is 0. The molecule has 4 aromatic rings. The van der Waals surface area contributed by atoms with Crippen LogP contribution in [0, 0.1) is 23.7 Å². The van der Waals surface area contributed by atoms with E-state index in [0.717, 1.165) is 6.92 Å². The predicted octanol–water partition coefficient (Wildman–Crippen LogP) is -6.31. The Balaban J connectivity index is 1.56. The van der Waals surface area contributed by atoms with Gasteiger partial charge in [-0.15, -0.1) is 0 Å². The molecule has 46 heteroatoms. The molecule has 29 N–H and O–H groups in total. The fourth-order valence-electron chi connectivity index (χ4n) is 13.1. The summed E-state index contributed by atoms with van der Waals surface area (Å²) in [6.07, 6.45) is -2.88. The smallest absolute Gasteiger partial charge is 0.325 e. The number of primary amides is 2. The zero-order chi connectivity index (χ0) is 98.2. The molecule has 131 heavy (non-hydrogen) atoms. The highest BCUT2D eigenvalue weighted by Gasteiger charge is 2.40. The number of carbonyl (C=O) groups excluding carboxylic acids is 17. The highest BCUT2D eigenvalue weighted by molar-refractivity contribution is 7.80. The van der Waals surface area contributed by atoms with E-state index in [-0.39, 0.29) is 55.9 Å². The van der Waals surface area contributed by atoms with Gasteiger partial charge in [-0.3, -0.25) is 91.1 Å². The molecule has 45 nitrogen and oxygen atoms in total. The minimum atomic E-state index is -1.97. The van der Waals surface area contributed by atoms with Crippen LogP contribution in [-0.2, 0) is 110 Å². The summed E-state index contributed by atoms with van der Waals surface area (Å²) in [5.74, 6) is -23.8. The lowest BCUT2D eigenvalue weighted by Gasteiger charge is -2.29. The van der Waals surface area contributed by atoms with Crippen LogP contribution in [0.1, 0.15) is 137 Å². The van der Waals surface area contributed by atoms with E-state index in [0.29, 0.717) is 34.0 Å². The number of hydrogen-bond acceptors (Lipinski definition) is 26. The summed E-state index contributed by atoms with van der Waals surface area (Å²) in [5, 5.41) is 107. The monoisotopic (exact) mass is 1860 g/mol. The number of nitrogens with one attached hydrogen (secondary N) is 16. The van der Waals surface area contributed by atoms with E-state index in [1.807, 2.05) is 6.92 Å². The Kier molecular flexibility index (Phi) is 46.5. The largest absolute Gasteiger partial charge is 0.508 e. The van der Waals surface area contributed by atoms with Crippen molar-refractivity contribution >= 4 is 136 Å². The number of fused-ring (bicyclic) bond motifs is 1. The van der Waals surface area contributed by atoms with E-state index in [1.165, 1.54) is 30.5 Å². The molecule has 0 aliphatic heterocycles. The Morgan fingerprint density at radius 2 is 0.687 bits per heavy atom. The first kappa shape index (κ1) is 110. The summed E-state index contributed by atoms with van der Waals surface area (Å²) in [4.78, 5) is 263. The van der Waals surface area contributed by atoms with Crippen molar-refractivity contribution in [3.8, 4) is 5.75 Å². The van der Waals surface area contributed by atoms with Gasteiger partial charge in [0.15, 0.2) is 0 Å². The zero-order valence-electron chi connectivity index (χ0n) is 74.2. The molecule has 0 aliphatic carbocycles. The van der Waals surface area contributed by atoms with E-state index < -0.39 is 285 Å². The van der Waals surface area contributed by atoms with Crippen LogP contribution in [0.15, 0.2) is 85.1 Å². The van der Waals surface area contributed by atoms with Crippen molar-refractivity contribution < 1.29 is 127 Å². The van der Waals surface area contributed by atoms with Gasteiger partial charge in [0.05, 0.1) is 38.9 Å². The minimum Gasteiger partial charge on any atom is -0.508 e. The first-order valence-corrected chi connectivity index (χ1v) is 43.1. The van der Waals surface area contributed by atoms with E-state index in [1.54, 1.807) is 103 Å². The van der Waals surface area contributed by atoms with Crippen LogP contribution in [0.3, 0.4) is 0 Å². The van der Waals surface area contributed by atoms with Gasteiger partial charge in [-0.1, -0.05) is 122 Å². The molecule has 1 aromatic heterocycles. The lowest BCUT2D eigenvalue weighted by molar-refractivity contribution is -0.142. The number of para-hydroxylation sites is 1. The average Bonchev–Trinajstić information content (AvgIpc) is 1.69. The third-order valence-electron chi connectivity index (χ3n) is 20.7. The van der Waals surface area contributed by atoms with Gasteiger partial charge in [0.1, 0.15) is 96.4 Å². The fourth-order valence-corrected chi connectivity index (χ4v) is 13.4. The number of carboxylic acid groups (broad SMARTS) is 2. The third kappa shape index (κ3) is 37.6. The van der Waals surface area contributed by atoms with E-state index in [4.69, 9.17) is 17.2 Å². The number of phenols is 1. The molecule has 1 heterocycles. The Morgan fingerprint density at radius 1 is 0.366 bits per heavy atom. The van der Waals surface area contributed by atoms with Crippen molar-refractivity contribution in [3.05, 3.63) is 102 Å². The normalized spacial score (nSPS) is 15.2. The average molecular weight is 1860 g/mol. The highest BCUT2D eigenvalue weighted by Crippen LogP contribution is 2.21. The number of hydrogen-bond donors (Lipinski definition) is 27. The molecule has 0 saturated carbocycles. The summed E-state index contributed by atoms with van der Waals surface area (Å²) in [6, 6.07) is -6.68. The summed E-state index contributed by atoms with van der Waals surface area (Å²) < 4.78 is 0.